The van der Waals surface area contributed by atoms with Crippen LogP contribution >= 0.6 is 0 Å². The molecular formula is C12H16N2O. The maximum Gasteiger partial charge on any atom is 0.219 e. The first-order valence-corrected chi connectivity index (χ1v) is 5.14. The van der Waals surface area contributed by atoms with Gasteiger partial charge in [-0.05, 0) is 11.6 Å². The smallest absolute Gasteiger partial charge is 0.219 e. The topological polar surface area (TPSA) is 23.6 Å². The van der Waals surface area contributed by atoms with Gasteiger partial charge in [-0.15, -0.1) is 0 Å². The minimum absolute atomic E-state index is 0.116. The van der Waals surface area contributed by atoms with Crippen LogP contribution in [-0.2, 0) is 4.79 Å². The van der Waals surface area contributed by atoms with Crippen LogP contribution < -0.4 is 4.90 Å². The summed E-state index contributed by atoms with van der Waals surface area (Å²) >= 11 is 0. The zero-order chi connectivity index (χ0) is 11.0. The van der Waals surface area contributed by atoms with Gasteiger partial charge in [0.1, 0.15) is 0 Å². The van der Waals surface area contributed by atoms with Crippen molar-refractivity contribution >= 4 is 11.6 Å². The standard InChI is InChI=1S/C12H16N2O/c1-9(15)14(3)12-8-13(2)11-7-5-4-6-10(11)12/h4-7,12H,8H2,1-3H3. The summed E-state index contributed by atoms with van der Waals surface area (Å²) in [4.78, 5) is 15.4. The van der Waals surface area contributed by atoms with Gasteiger partial charge in [0.25, 0.3) is 0 Å². The number of para-hydroxylation sites is 1. The Morgan fingerprint density at radius 1 is 1.47 bits per heavy atom. The maximum absolute atomic E-state index is 11.4. The van der Waals surface area contributed by atoms with E-state index in [4.69, 9.17) is 0 Å². The molecule has 0 spiro atoms. The van der Waals surface area contributed by atoms with E-state index in [0.29, 0.717) is 0 Å². The molecule has 0 aromatic heterocycles. The van der Waals surface area contributed by atoms with Gasteiger partial charge in [-0.3, -0.25) is 4.79 Å². The summed E-state index contributed by atoms with van der Waals surface area (Å²) in [6, 6.07) is 8.46. The molecule has 1 aliphatic rings. The highest BCUT2D eigenvalue weighted by Crippen LogP contribution is 2.36. The number of anilines is 1. The molecule has 15 heavy (non-hydrogen) atoms. The van der Waals surface area contributed by atoms with Crippen molar-refractivity contribution in [3.8, 4) is 0 Å². The Labute approximate surface area is 90.3 Å². The Bertz CT molecular complexity index is 389. The second-order valence-corrected chi connectivity index (χ2v) is 4.09. The van der Waals surface area contributed by atoms with Crippen molar-refractivity contribution in [2.75, 3.05) is 25.5 Å². The van der Waals surface area contributed by atoms with Gasteiger partial charge in [-0.25, -0.2) is 0 Å². The van der Waals surface area contributed by atoms with Crippen LogP contribution in [0.3, 0.4) is 0 Å². The van der Waals surface area contributed by atoms with Gasteiger partial charge in [0.15, 0.2) is 0 Å². The van der Waals surface area contributed by atoms with Crippen molar-refractivity contribution < 1.29 is 4.79 Å². The number of amides is 1. The molecule has 1 aliphatic heterocycles. The molecule has 1 heterocycles. The number of fused-ring (bicyclic) bond motifs is 1. The lowest BCUT2D eigenvalue weighted by atomic mass is 10.1. The Morgan fingerprint density at radius 3 is 2.80 bits per heavy atom. The molecule has 0 radical (unpaired) electrons. The lowest BCUT2D eigenvalue weighted by Crippen LogP contribution is -2.31. The fraction of sp³-hybridized carbons (Fsp3) is 0.417. The Kier molecular flexibility index (Phi) is 2.39. The summed E-state index contributed by atoms with van der Waals surface area (Å²) in [5.74, 6) is 0.116. The highest BCUT2D eigenvalue weighted by atomic mass is 16.2. The minimum Gasteiger partial charge on any atom is -0.372 e. The van der Waals surface area contributed by atoms with Crippen LogP contribution in [0.15, 0.2) is 24.3 Å². The van der Waals surface area contributed by atoms with Crippen LogP contribution in [0.1, 0.15) is 18.5 Å². The summed E-state index contributed by atoms with van der Waals surface area (Å²) < 4.78 is 0. The fourth-order valence-corrected chi connectivity index (χ4v) is 2.12. The third kappa shape index (κ3) is 1.58. The first-order chi connectivity index (χ1) is 7.11. The SMILES string of the molecule is CC(=O)N(C)C1CN(C)c2ccccc21. The van der Waals surface area contributed by atoms with E-state index in [1.54, 1.807) is 6.92 Å². The van der Waals surface area contributed by atoms with Gasteiger partial charge in [0.05, 0.1) is 6.04 Å². The van der Waals surface area contributed by atoms with Crippen LogP contribution in [0.2, 0.25) is 0 Å². The predicted molar refractivity (Wildman–Crippen MR) is 60.9 cm³/mol. The van der Waals surface area contributed by atoms with E-state index >= 15 is 0 Å². The number of carbonyl (C=O) groups is 1. The molecule has 1 amide bonds. The van der Waals surface area contributed by atoms with Crippen LogP contribution in [0.4, 0.5) is 5.69 Å². The van der Waals surface area contributed by atoms with E-state index in [1.807, 2.05) is 24.1 Å². The molecule has 3 nitrogen and oxygen atoms in total. The van der Waals surface area contributed by atoms with E-state index in [1.165, 1.54) is 11.3 Å². The Hall–Kier alpha value is -1.51. The summed E-state index contributed by atoms with van der Waals surface area (Å²) in [7, 11) is 3.93. The van der Waals surface area contributed by atoms with E-state index in [9.17, 15) is 4.79 Å². The first-order valence-electron chi connectivity index (χ1n) is 5.14. The molecule has 0 saturated heterocycles. The molecule has 0 fully saturated rings. The summed E-state index contributed by atoms with van der Waals surface area (Å²) in [6.45, 7) is 2.50. The van der Waals surface area contributed by atoms with Crippen molar-refractivity contribution in [2.45, 2.75) is 13.0 Å². The summed E-state index contributed by atoms with van der Waals surface area (Å²) in [6.07, 6.45) is 0. The summed E-state index contributed by atoms with van der Waals surface area (Å²) in [5.41, 5.74) is 2.48. The van der Waals surface area contributed by atoms with Crippen molar-refractivity contribution in [1.82, 2.24) is 4.90 Å². The predicted octanol–water partition coefficient (Wildman–Crippen LogP) is 1.66. The monoisotopic (exact) mass is 204 g/mol. The molecule has 1 atom stereocenters. The average molecular weight is 204 g/mol. The molecule has 0 bridgehead atoms. The van der Waals surface area contributed by atoms with Gasteiger partial charge in [0, 0.05) is 33.3 Å². The lowest BCUT2D eigenvalue weighted by molar-refractivity contribution is -0.129. The molecule has 1 aromatic rings. The van der Waals surface area contributed by atoms with Gasteiger partial charge >= 0.3 is 0 Å². The second-order valence-electron chi connectivity index (χ2n) is 4.09. The third-order valence-corrected chi connectivity index (χ3v) is 3.12. The molecule has 1 aromatic carbocycles. The first kappa shape index (κ1) is 10.0. The Morgan fingerprint density at radius 2 is 2.13 bits per heavy atom. The van der Waals surface area contributed by atoms with Crippen molar-refractivity contribution in [2.24, 2.45) is 0 Å². The van der Waals surface area contributed by atoms with Crippen molar-refractivity contribution in [3.05, 3.63) is 29.8 Å². The molecule has 0 aliphatic carbocycles. The second kappa shape index (κ2) is 3.57. The zero-order valence-corrected chi connectivity index (χ0v) is 9.40. The number of benzene rings is 1. The fourth-order valence-electron chi connectivity index (χ4n) is 2.12. The number of hydrogen-bond donors (Lipinski definition) is 0. The van der Waals surface area contributed by atoms with E-state index in [-0.39, 0.29) is 11.9 Å². The number of likely N-dealkylation sites (N-methyl/N-ethyl adjacent to an activating group) is 2. The number of nitrogens with zero attached hydrogens (tertiary/aromatic N) is 2. The highest BCUT2D eigenvalue weighted by molar-refractivity contribution is 5.75. The number of carbonyl (C=O) groups excluding carboxylic acids is 1. The largest absolute Gasteiger partial charge is 0.372 e. The van der Waals surface area contributed by atoms with E-state index in [0.717, 1.165) is 6.54 Å². The molecule has 3 heteroatoms. The lowest BCUT2D eigenvalue weighted by Gasteiger charge is -2.23. The average Bonchev–Trinajstić information content (AvgIpc) is 2.56. The van der Waals surface area contributed by atoms with E-state index < -0.39 is 0 Å². The van der Waals surface area contributed by atoms with Gasteiger partial charge in [-0.2, -0.15) is 0 Å². The minimum atomic E-state index is 0.116. The molecule has 1 unspecified atom stereocenters. The quantitative estimate of drug-likeness (QED) is 0.694. The third-order valence-electron chi connectivity index (χ3n) is 3.12. The van der Waals surface area contributed by atoms with Crippen LogP contribution in [-0.4, -0.2) is 31.4 Å². The maximum atomic E-state index is 11.4. The molecule has 0 N–H and O–H groups in total. The number of hydrogen-bond acceptors (Lipinski definition) is 2. The van der Waals surface area contributed by atoms with Crippen molar-refractivity contribution in [3.63, 3.8) is 0 Å². The van der Waals surface area contributed by atoms with Gasteiger partial charge in [-0.1, -0.05) is 18.2 Å². The molecular weight excluding hydrogens is 188 g/mol. The number of rotatable bonds is 1. The van der Waals surface area contributed by atoms with Gasteiger partial charge < -0.3 is 9.80 Å². The van der Waals surface area contributed by atoms with E-state index in [2.05, 4.69) is 24.1 Å². The van der Waals surface area contributed by atoms with Crippen molar-refractivity contribution in [1.29, 1.82) is 0 Å². The molecule has 2 rings (SSSR count). The highest BCUT2D eigenvalue weighted by Gasteiger charge is 2.29. The Balaban J connectivity index is 2.36. The molecule has 80 valence electrons. The van der Waals surface area contributed by atoms with Crippen LogP contribution in [0.25, 0.3) is 0 Å². The van der Waals surface area contributed by atoms with Crippen LogP contribution in [0, 0.1) is 0 Å². The van der Waals surface area contributed by atoms with Gasteiger partial charge in [0.2, 0.25) is 5.91 Å². The molecule has 0 saturated carbocycles. The zero-order valence-electron chi connectivity index (χ0n) is 9.40. The normalized spacial score (nSPS) is 18.9. The van der Waals surface area contributed by atoms with Crippen LogP contribution in [0.5, 0.6) is 0 Å². The summed E-state index contributed by atoms with van der Waals surface area (Å²) in [5, 5.41) is 0.